The first-order valence-electron chi connectivity index (χ1n) is 9.97. The van der Waals surface area contributed by atoms with Crippen LogP contribution < -0.4 is 15.4 Å². The zero-order valence-corrected chi connectivity index (χ0v) is 18.5. The summed E-state index contributed by atoms with van der Waals surface area (Å²) in [5.74, 6) is 0.0969. The highest BCUT2D eigenvalue weighted by atomic mass is 32.2. The first-order chi connectivity index (χ1) is 14.0. The number of anilines is 2. The maximum absolute atomic E-state index is 12.6. The Kier molecular flexibility index (Phi) is 6.35. The number of alkyl carbamates (subject to hydrolysis) is 1. The van der Waals surface area contributed by atoms with E-state index in [9.17, 15) is 13.2 Å². The van der Waals surface area contributed by atoms with Crippen LogP contribution in [0.1, 0.15) is 52.0 Å². The van der Waals surface area contributed by atoms with Crippen LogP contribution in [0, 0.1) is 6.92 Å². The number of carbonyl (C=O) groups excluding carboxylic acids is 1. The van der Waals surface area contributed by atoms with Crippen molar-refractivity contribution in [3.63, 3.8) is 0 Å². The molecule has 0 atom stereocenters. The molecule has 1 aliphatic carbocycles. The summed E-state index contributed by atoms with van der Waals surface area (Å²) in [6, 6.07) is 7.11. The molecule has 10 heteroatoms. The van der Waals surface area contributed by atoms with Crippen molar-refractivity contribution in [1.29, 1.82) is 0 Å². The minimum atomic E-state index is -3.90. The fourth-order valence-electron chi connectivity index (χ4n) is 3.29. The maximum atomic E-state index is 12.6. The fourth-order valence-corrected chi connectivity index (χ4v) is 4.36. The minimum Gasteiger partial charge on any atom is -0.444 e. The highest BCUT2D eigenvalue weighted by Gasteiger charge is 2.33. The Hall–Kier alpha value is -2.62. The van der Waals surface area contributed by atoms with Crippen molar-refractivity contribution in [1.82, 2.24) is 5.32 Å². The van der Waals surface area contributed by atoms with Gasteiger partial charge < -0.3 is 15.4 Å². The standard InChI is InChI=1S/C20H29N3O6S/c1-13-7-5-6-8-16(13)23-30(25,26)18-17(28-29-18)21-14-9-11-15(12-10-14)22-19(24)27-20(2,3)4/h5-8,14-15,21,23H,9-12H2,1-4H3,(H,22,24). The third-order valence-electron chi connectivity index (χ3n) is 4.80. The molecule has 3 N–H and O–H groups in total. The number of para-hydroxylation sites is 1. The van der Waals surface area contributed by atoms with Crippen molar-refractivity contribution in [2.24, 2.45) is 0 Å². The third kappa shape index (κ3) is 5.71. The first-order valence-corrected chi connectivity index (χ1v) is 11.4. The van der Waals surface area contributed by atoms with Crippen LogP contribution in [0.5, 0.6) is 0 Å². The molecule has 3 rings (SSSR count). The van der Waals surface area contributed by atoms with Crippen LogP contribution in [0.4, 0.5) is 16.4 Å². The molecule has 9 nitrogen and oxygen atoms in total. The summed E-state index contributed by atoms with van der Waals surface area (Å²) >= 11 is 0. The predicted octanol–water partition coefficient (Wildman–Crippen LogP) is 4.23. The molecule has 0 aliphatic heterocycles. The summed E-state index contributed by atoms with van der Waals surface area (Å²) < 4.78 is 42.7. The Morgan fingerprint density at radius 1 is 1.07 bits per heavy atom. The van der Waals surface area contributed by atoms with Gasteiger partial charge >= 0.3 is 27.1 Å². The number of rotatable bonds is 6. The van der Waals surface area contributed by atoms with Crippen LogP contribution in [0.25, 0.3) is 0 Å². The number of ether oxygens (including phenoxy) is 1. The molecular weight excluding hydrogens is 410 g/mol. The highest BCUT2D eigenvalue weighted by Crippen LogP contribution is 2.31. The molecule has 0 unspecified atom stereocenters. The molecule has 1 saturated carbocycles. The molecule has 1 fully saturated rings. The van der Waals surface area contributed by atoms with Crippen molar-refractivity contribution >= 4 is 27.7 Å². The molecule has 0 saturated heterocycles. The Balaban J connectivity index is 1.52. The van der Waals surface area contributed by atoms with E-state index >= 15 is 0 Å². The molecule has 1 amide bonds. The number of nitrogens with one attached hydrogen (secondary N) is 3. The maximum Gasteiger partial charge on any atom is 0.407 e. The number of aryl methyl sites for hydroxylation is 1. The second-order valence-corrected chi connectivity index (χ2v) is 10.1. The quantitative estimate of drug-likeness (QED) is 0.576. The summed E-state index contributed by atoms with van der Waals surface area (Å²) in [5, 5.41) is 5.71. The molecule has 2 aromatic rings. The van der Waals surface area contributed by atoms with E-state index in [0.717, 1.165) is 31.2 Å². The van der Waals surface area contributed by atoms with Crippen LogP contribution in [0.15, 0.2) is 38.5 Å². The summed E-state index contributed by atoms with van der Waals surface area (Å²) in [7, 11) is -3.90. The smallest absolute Gasteiger partial charge is 0.407 e. The van der Waals surface area contributed by atoms with Crippen molar-refractivity contribution in [2.45, 2.75) is 76.2 Å². The molecule has 1 aromatic heterocycles. The zero-order chi connectivity index (χ0) is 21.9. The van der Waals surface area contributed by atoms with E-state index in [2.05, 4.69) is 15.4 Å². The summed E-state index contributed by atoms with van der Waals surface area (Å²) in [6.45, 7) is 7.28. The van der Waals surface area contributed by atoms with Gasteiger partial charge in [-0.25, -0.2) is 4.79 Å². The monoisotopic (exact) mass is 439 g/mol. The molecule has 166 valence electrons. The van der Waals surface area contributed by atoms with E-state index in [1.807, 2.05) is 39.8 Å². The van der Waals surface area contributed by atoms with E-state index < -0.39 is 21.7 Å². The molecule has 0 radical (unpaired) electrons. The van der Waals surface area contributed by atoms with Crippen LogP contribution in [-0.4, -0.2) is 32.2 Å². The van der Waals surface area contributed by atoms with E-state index in [4.69, 9.17) is 13.9 Å². The Morgan fingerprint density at radius 3 is 2.27 bits per heavy atom. The molecule has 1 aromatic carbocycles. The molecular formula is C20H29N3O6S. The summed E-state index contributed by atoms with van der Waals surface area (Å²) in [4.78, 5) is 11.9. The zero-order valence-electron chi connectivity index (χ0n) is 17.7. The topological polar surface area (TPSA) is 123 Å². The second-order valence-electron chi connectivity index (χ2n) is 8.54. The lowest BCUT2D eigenvalue weighted by atomic mass is 9.91. The Bertz CT molecular complexity index is 965. The summed E-state index contributed by atoms with van der Waals surface area (Å²) in [5.41, 5.74) is 0.742. The van der Waals surface area contributed by atoms with E-state index in [1.54, 1.807) is 12.1 Å². The SMILES string of the molecule is Cc1ccccc1NS(=O)(=O)c1ooc1NC1CCC(NC(=O)OC(C)(C)C)CC1. The Labute approximate surface area is 176 Å². The lowest BCUT2D eigenvalue weighted by molar-refractivity contribution is -0.0376. The van der Waals surface area contributed by atoms with Gasteiger partial charge in [0, 0.05) is 12.1 Å². The van der Waals surface area contributed by atoms with Crippen LogP contribution >= 0.6 is 0 Å². The van der Waals surface area contributed by atoms with Gasteiger partial charge in [0.05, 0.1) is 5.69 Å². The highest BCUT2D eigenvalue weighted by molar-refractivity contribution is 7.92. The van der Waals surface area contributed by atoms with Gasteiger partial charge in [-0.2, -0.15) is 8.42 Å². The minimum absolute atomic E-state index is 0.0178. The van der Waals surface area contributed by atoms with Gasteiger partial charge in [0.15, 0.2) is 0 Å². The average Bonchev–Trinajstić information content (AvgIpc) is 2.60. The average molecular weight is 440 g/mol. The normalized spacial score (nSPS) is 19.9. The first kappa shape index (κ1) is 22.1. The number of amides is 1. The van der Waals surface area contributed by atoms with Gasteiger partial charge in [0.2, 0.25) is 0 Å². The number of hydrogen-bond donors (Lipinski definition) is 3. The summed E-state index contributed by atoms with van der Waals surface area (Å²) in [6.07, 6.45) is 2.55. The molecule has 30 heavy (non-hydrogen) atoms. The molecule has 0 spiro atoms. The number of carbonyl (C=O) groups is 1. The van der Waals surface area contributed by atoms with Crippen LogP contribution in [0.2, 0.25) is 0 Å². The largest absolute Gasteiger partial charge is 0.444 e. The van der Waals surface area contributed by atoms with Gasteiger partial charge in [-0.05, 0) is 65.0 Å². The van der Waals surface area contributed by atoms with Gasteiger partial charge in [-0.3, -0.25) is 13.9 Å². The van der Waals surface area contributed by atoms with E-state index in [-0.39, 0.29) is 23.1 Å². The van der Waals surface area contributed by atoms with Crippen LogP contribution in [0.3, 0.4) is 0 Å². The van der Waals surface area contributed by atoms with Crippen molar-refractivity contribution in [3.8, 4) is 0 Å². The molecule has 0 bridgehead atoms. The number of hydrogen-bond acceptors (Lipinski definition) is 7. The van der Waals surface area contributed by atoms with Crippen LogP contribution in [-0.2, 0) is 14.8 Å². The molecule has 1 heterocycles. The number of benzene rings is 1. The third-order valence-corrected chi connectivity index (χ3v) is 6.03. The van der Waals surface area contributed by atoms with Crippen molar-refractivity contribution in [2.75, 3.05) is 10.0 Å². The van der Waals surface area contributed by atoms with Gasteiger partial charge in [0.1, 0.15) is 5.60 Å². The lowest BCUT2D eigenvalue weighted by Crippen LogP contribution is -2.42. The Morgan fingerprint density at radius 2 is 1.70 bits per heavy atom. The van der Waals surface area contributed by atoms with E-state index in [1.165, 1.54) is 0 Å². The predicted molar refractivity (Wildman–Crippen MR) is 112 cm³/mol. The van der Waals surface area contributed by atoms with E-state index in [0.29, 0.717) is 5.69 Å². The van der Waals surface area contributed by atoms with Gasteiger partial charge in [-0.15, -0.1) is 0 Å². The fraction of sp³-hybridized carbons (Fsp3) is 0.550. The molecule has 1 aliphatic rings. The van der Waals surface area contributed by atoms with Gasteiger partial charge in [-0.1, -0.05) is 18.2 Å². The van der Waals surface area contributed by atoms with Gasteiger partial charge in [0.25, 0.3) is 0 Å². The second kappa shape index (κ2) is 8.63. The van der Waals surface area contributed by atoms with Crippen molar-refractivity contribution in [3.05, 3.63) is 29.8 Å². The van der Waals surface area contributed by atoms with Crippen molar-refractivity contribution < 1.29 is 27.1 Å². The number of sulfonamides is 1. The lowest BCUT2D eigenvalue weighted by Gasteiger charge is -2.30.